The molecule has 0 aliphatic heterocycles. The van der Waals surface area contributed by atoms with Crippen molar-refractivity contribution < 1.29 is 0 Å². The van der Waals surface area contributed by atoms with E-state index in [-0.39, 0.29) is 0 Å². The lowest BCUT2D eigenvalue weighted by Gasteiger charge is -2.07. The second kappa shape index (κ2) is 5.72. The number of pyridine rings is 1. The van der Waals surface area contributed by atoms with Gasteiger partial charge >= 0.3 is 0 Å². The average Bonchev–Trinajstić information content (AvgIpc) is 2.53. The molecule has 0 amide bonds. The molecule has 3 heteroatoms. The number of fused-ring (bicyclic) bond motifs is 1. The quantitative estimate of drug-likeness (QED) is 0.759. The molecule has 1 heterocycles. The minimum absolute atomic E-state index is 0.583. The standard InChI is InChI=1S/C17H17N3/c18-11-13-5-7-14(8-6-13)12-19-17-10-9-15-3-1-2-4-16(15)20-17/h1-10H,11-12,18H2,(H,19,20). The van der Waals surface area contributed by atoms with Crippen molar-refractivity contribution in [3.05, 3.63) is 71.8 Å². The highest BCUT2D eigenvalue weighted by atomic mass is 15.0. The lowest BCUT2D eigenvalue weighted by Crippen LogP contribution is -2.02. The van der Waals surface area contributed by atoms with Crippen molar-refractivity contribution in [2.24, 2.45) is 5.73 Å². The molecule has 3 aromatic rings. The van der Waals surface area contributed by atoms with E-state index in [9.17, 15) is 0 Å². The van der Waals surface area contributed by atoms with Gasteiger partial charge in [-0.15, -0.1) is 0 Å². The number of anilines is 1. The van der Waals surface area contributed by atoms with Crippen LogP contribution in [-0.4, -0.2) is 4.98 Å². The van der Waals surface area contributed by atoms with Gasteiger partial charge in [0.1, 0.15) is 5.82 Å². The van der Waals surface area contributed by atoms with Gasteiger partial charge < -0.3 is 11.1 Å². The third-order valence-electron chi connectivity index (χ3n) is 3.33. The predicted molar refractivity (Wildman–Crippen MR) is 83.4 cm³/mol. The second-order valence-electron chi connectivity index (χ2n) is 4.76. The first-order valence-corrected chi connectivity index (χ1v) is 6.73. The topological polar surface area (TPSA) is 50.9 Å². The van der Waals surface area contributed by atoms with Crippen LogP contribution in [0, 0.1) is 0 Å². The maximum absolute atomic E-state index is 5.59. The van der Waals surface area contributed by atoms with Gasteiger partial charge in [0, 0.05) is 18.5 Å². The molecule has 1 aromatic heterocycles. The highest BCUT2D eigenvalue weighted by Gasteiger charge is 1.98. The van der Waals surface area contributed by atoms with E-state index in [2.05, 4.69) is 46.7 Å². The first-order chi connectivity index (χ1) is 9.85. The number of rotatable bonds is 4. The first kappa shape index (κ1) is 12.6. The zero-order chi connectivity index (χ0) is 13.8. The Kier molecular flexibility index (Phi) is 3.61. The van der Waals surface area contributed by atoms with Gasteiger partial charge in [0.05, 0.1) is 5.52 Å². The molecule has 3 N–H and O–H groups in total. The van der Waals surface area contributed by atoms with Crippen molar-refractivity contribution in [2.45, 2.75) is 13.1 Å². The number of nitrogens with two attached hydrogens (primary N) is 1. The molecule has 0 aliphatic carbocycles. The number of benzene rings is 2. The van der Waals surface area contributed by atoms with Gasteiger partial charge in [0.25, 0.3) is 0 Å². The largest absolute Gasteiger partial charge is 0.366 e. The van der Waals surface area contributed by atoms with Gasteiger partial charge in [-0.1, -0.05) is 42.5 Å². The van der Waals surface area contributed by atoms with Crippen molar-refractivity contribution >= 4 is 16.7 Å². The molecule has 3 nitrogen and oxygen atoms in total. The lowest BCUT2D eigenvalue weighted by molar-refractivity contribution is 1.06. The van der Waals surface area contributed by atoms with Crippen molar-refractivity contribution in [1.29, 1.82) is 0 Å². The van der Waals surface area contributed by atoms with Crippen LogP contribution in [0.3, 0.4) is 0 Å². The van der Waals surface area contributed by atoms with Gasteiger partial charge in [0.2, 0.25) is 0 Å². The number of nitrogens with one attached hydrogen (secondary N) is 1. The smallest absolute Gasteiger partial charge is 0.126 e. The first-order valence-electron chi connectivity index (χ1n) is 6.73. The fourth-order valence-corrected chi connectivity index (χ4v) is 2.15. The van der Waals surface area contributed by atoms with E-state index >= 15 is 0 Å². The Morgan fingerprint density at radius 3 is 2.40 bits per heavy atom. The molecule has 0 fully saturated rings. The van der Waals surface area contributed by atoms with Crippen LogP contribution in [0.25, 0.3) is 10.9 Å². The molecule has 0 aliphatic rings. The SMILES string of the molecule is NCc1ccc(CNc2ccc3ccccc3n2)cc1. The highest BCUT2D eigenvalue weighted by molar-refractivity contribution is 5.80. The summed E-state index contributed by atoms with van der Waals surface area (Å²) in [6.07, 6.45) is 0. The molecule has 100 valence electrons. The Morgan fingerprint density at radius 1 is 0.850 bits per heavy atom. The summed E-state index contributed by atoms with van der Waals surface area (Å²) in [4.78, 5) is 4.59. The van der Waals surface area contributed by atoms with Gasteiger partial charge in [-0.25, -0.2) is 4.98 Å². The number of hydrogen-bond donors (Lipinski definition) is 2. The van der Waals surface area contributed by atoms with Gasteiger partial charge in [0.15, 0.2) is 0 Å². The van der Waals surface area contributed by atoms with E-state index in [1.807, 2.05) is 24.3 Å². The molecule has 0 bridgehead atoms. The zero-order valence-corrected chi connectivity index (χ0v) is 11.2. The Labute approximate surface area is 118 Å². The van der Waals surface area contributed by atoms with E-state index in [1.54, 1.807) is 0 Å². The van der Waals surface area contributed by atoms with E-state index in [1.165, 1.54) is 5.56 Å². The number of nitrogens with zero attached hydrogens (tertiary/aromatic N) is 1. The summed E-state index contributed by atoms with van der Waals surface area (Å²) in [6.45, 7) is 1.34. The molecule has 0 spiro atoms. The van der Waals surface area contributed by atoms with Gasteiger partial charge in [-0.3, -0.25) is 0 Å². The van der Waals surface area contributed by atoms with Crippen LogP contribution in [0.2, 0.25) is 0 Å². The summed E-state index contributed by atoms with van der Waals surface area (Å²) in [7, 11) is 0. The summed E-state index contributed by atoms with van der Waals surface area (Å²) < 4.78 is 0. The highest BCUT2D eigenvalue weighted by Crippen LogP contribution is 2.15. The molecule has 0 saturated carbocycles. The maximum Gasteiger partial charge on any atom is 0.126 e. The molecule has 20 heavy (non-hydrogen) atoms. The van der Waals surface area contributed by atoms with Crippen LogP contribution in [0.5, 0.6) is 0 Å². The maximum atomic E-state index is 5.59. The van der Waals surface area contributed by atoms with Crippen LogP contribution in [0.4, 0.5) is 5.82 Å². The van der Waals surface area contributed by atoms with Gasteiger partial charge in [-0.05, 0) is 29.3 Å². The van der Waals surface area contributed by atoms with Crippen molar-refractivity contribution in [1.82, 2.24) is 4.98 Å². The van der Waals surface area contributed by atoms with Crippen molar-refractivity contribution in [2.75, 3.05) is 5.32 Å². The fraction of sp³-hybridized carbons (Fsp3) is 0.118. The summed E-state index contributed by atoms with van der Waals surface area (Å²) >= 11 is 0. The minimum Gasteiger partial charge on any atom is -0.366 e. The molecule has 3 rings (SSSR count). The van der Waals surface area contributed by atoms with Crippen LogP contribution in [0.1, 0.15) is 11.1 Å². The van der Waals surface area contributed by atoms with E-state index < -0.39 is 0 Å². The van der Waals surface area contributed by atoms with E-state index in [4.69, 9.17) is 5.73 Å². The van der Waals surface area contributed by atoms with Crippen molar-refractivity contribution in [3.8, 4) is 0 Å². The molecule has 0 atom stereocenters. The molecular weight excluding hydrogens is 246 g/mol. The Bertz CT molecular complexity index is 705. The van der Waals surface area contributed by atoms with Crippen LogP contribution < -0.4 is 11.1 Å². The average molecular weight is 263 g/mol. The molecule has 2 aromatic carbocycles. The monoisotopic (exact) mass is 263 g/mol. The third kappa shape index (κ3) is 2.78. The fourth-order valence-electron chi connectivity index (χ4n) is 2.15. The second-order valence-corrected chi connectivity index (χ2v) is 4.76. The Balaban J connectivity index is 1.72. The summed E-state index contributed by atoms with van der Waals surface area (Å²) in [5.74, 6) is 0.895. The van der Waals surface area contributed by atoms with Gasteiger partial charge in [-0.2, -0.15) is 0 Å². The molecular formula is C17H17N3. The lowest BCUT2D eigenvalue weighted by atomic mass is 10.1. The predicted octanol–water partition coefficient (Wildman–Crippen LogP) is 3.31. The summed E-state index contributed by atoms with van der Waals surface area (Å²) in [6, 6.07) is 20.5. The molecule has 0 saturated heterocycles. The van der Waals surface area contributed by atoms with Crippen LogP contribution in [-0.2, 0) is 13.1 Å². The number of aromatic nitrogens is 1. The van der Waals surface area contributed by atoms with E-state index in [0.717, 1.165) is 28.8 Å². The Morgan fingerprint density at radius 2 is 1.60 bits per heavy atom. The Hall–Kier alpha value is -2.39. The summed E-state index contributed by atoms with van der Waals surface area (Å²) in [5.41, 5.74) is 8.97. The van der Waals surface area contributed by atoms with Crippen molar-refractivity contribution in [3.63, 3.8) is 0 Å². The van der Waals surface area contributed by atoms with Crippen LogP contribution >= 0.6 is 0 Å². The summed E-state index contributed by atoms with van der Waals surface area (Å²) in [5, 5.41) is 4.51. The normalized spacial score (nSPS) is 10.7. The van der Waals surface area contributed by atoms with E-state index in [0.29, 0.717) is 6.54 Å². The molecule has 0 unspecified atom stereocenters. The number of hydrogen-bond acceptors (Lipinski definition) is 3. The zero-order valence-electron chi connectivity index (χ0n) is 11.2. The third-order valence-corrected chi connectivity index (χ3v) is 3.33. The number of para-hydroxylation sites is 1. The van der Waals surface area contributed by atoms with Crippen LogP contribution in [0.15, 0.2) is 60.7 Å². The molecule has 0 radical (unpaired) electrons. The minimum atomic E-state index is 0.583.